The second-order valence-corrected chi connectivity index (χ2v) is 8.71. The molecule has 4 rings (SSSR count). The predicted molar refractivity (Wildman–Crippen MR) is 120 cm³/mol. The number of rotatable bonds is 6. The minimum absolute atomic E-state index is 0.193. The van der Waals surface area contributed by atoms with Crippen LogP contribution in [0, 0.1) is 20.8 Å². The minimum Gasteiger partial charge on any atom is -0.338 e. The molecule has 1 amide bonds. The van der Waals surface area contributed by atoms with Crippen molar-refractivity contribution in [3.05, 3.63) is 76.3 Å². The fourth-order valence-corrected chi connectivity index (χ4v) is 4.63. The molecule has 8 heteroatoms. The van der Waals surface area contributed by atoms with Gasteiger partial charge in [0.1, 0.15) is 0 Å². The van der Waals surface area contributed by atoms with Gasteiger partial charge in [0.2, 0.25) is 5.89 Å². The number of nitrogens with one attached hydrogen (secondary N) is 1. The molecule has 0 unspecified atom stereocenters. The summed E-state index contributed by atoms with van der Waals surface area (Å²) < 4.78 is 5.15. The van der Waals surface area contributed by atoms with E-state index in [9.17, 15) is 4.79 Å². The van der Waals surface area contributed by atoms with Crippen LogP contribution in [0.3, 0.4) is 0 Å². The van der Waals surface area contributed by atoms with E-state index in [-0.39, 0.29) is 5.91 Å². The topological polar surface area (TPSA) is 80.9 Å². The number of anilines is 1. The summed E-state index contributed by atoms with van der Waals surface area (Å²) in [5, 5.41) is 9.26. The number of aryl methyl sites for hydroxylation is 3. The standard InChI is InChI=1S/C22H20N4O2S2/c1-13-8-9-16(14(2)10-13)18-11-30-22(24-18)25-21(27)17-6-4-5-7-19(17)29-12-20-23-15(3)26-28-20/h4-11H,12H2,1-3H3,(H,24,25,27). The SMILES string of the molecule is Cc1ccc(-c2csc(NC(=O)c3ccccc3SCc3nc(C)no3)n2)c(C)c1. The smallest absolute Gasteiger partial charge is 0.258 e. The first-order chi connectivity index (χ1) is 14.5. The number of amides is 1. The maximum Gasteiger partial charge on any atom is 0.258 e. The molecule has 0 aliphatic rings. The van der Waals surface area contributed by atoms with Gasteiger partial charge in [0.05, 0.1) is 17.0 Å². The summed E-state index contributed by atoms with van der Waals surface area (Å²) in [4.78, 5) is 22.6. The van der Waals surface area contributed by atoms with E-state index in [2.05, 4.69) is 52.5 Å². The molecule has 2 aromatic heterocycles. The van der Waals surface area contributed by atoms with Gasteiger partial charge in [-0.1, -0.05) is 41.1 Å². The largest absolute Gasteiger partial charge is 0.338 e. The average molecular weight is 437 g/mol. The molecule has 30 heavy (non-hydrogen) atoms. The van der Waals surface area contributed by atoms with Crippen molar-refractivity contribution < 1.29 is 9.32 Å². The molecule has 0 bridgehead atoms. The zero-order chi connectivity index (χ0) is 21.1. The first kappa shape index (κ1) is 20.3. The Morgan fingerprint density at radius 3 is 2.73 bits per heavy atom. The van der Waals surface area contributed by atoms with Crippen LogP contribution in [0.4, 0.5) is 5.13 Å². The van der Waals surface area contributed by atoms with Gasteiger partial charge in [-0.25, -0.2) is 4.98 Å². The second kappa shape index (κ2) is 8.81. The van der Waals surface area contributed by atoms with Gasteiger partial charge >= 0.3 is 0 Å². The molecule has 0 aliphatic carbocycles. The molecule has 0 radical (unpaired) electrons. The first-order valence-corrected chi connectivity index (χ1v) is 11.2. The van der Waals surface area contributed by atoms with Crippen molar-refractivity contribution in [3.8, 4) is 11.3 Å². The summed E-state index contributed by atoms with van der Waals surface area (Å²) in [5.41, 5.74) is 4.90. The Kier molecular flexibility index (Phi) is 5.96. The molecule has 0 aliphatic heterocycles. The van der Waals surface area contributed by atoms with Gasteiger partial charge in [-0.3, -0.25) is 10.1 Å². The molecule has 1 N–H and O–H groups in total. The molecule has 0 spiro atoms. The molecular formula is C22H20N4O2S2. The van der Waals surface area contributed by atoms with Crippen LogP contribution in [0.1, 0.15) is 33.2 Å². The van der Waals surface area contributed by atoms with Gasteiger partial charge in [0.25, 0.3) is 5.91 Å². The second-order valence-electron chi connectivity index (χ2n) is 6.83. The summed E-state index contributed by atoms with van der Waals surface area (Å²) in [5.74, 6) is 1.44. The van der Waals surface area contributed by atoms with Crippen molar-refractivity contribution in [3.63, 3.8) is 0 Å². The van der Waals surface area contributed by atoms with Gasteiger partial charge in [-0.15, -0.1) is 23.1 Å². The Hall–Kier alpha value is -2.97. The maximum absolute atomic E-state index is 12.9. The summed E-state index contributed by atoms with van der Waals surface area (Å²) in [6.45, 7) is 5.91. The zero-order valence-electron chi connectivity index (χ0n) is 16.8. The van der Waals surface area contributed by atoms with Gasteiger partial charge in [-0.2, -0.15) is 4.98 Å². The van der Waals surface area contributed by atoms with E-state index >= 15 is 0 Å². The average Bonchev–Trinajstić information content (AvgIpc) is 3.35. The highest BCUT2D eigenvalue weighted by Gasteiger charge is 2.15. The van der Waals surface area contributed by atoms with Crippen LogP contribution < -0.4 is 5.32 Å². The number of carbonyl (C=O) groups excluding carboxylic acids is 1. The number of carbonyl (C=O) groups is 1. The highest BCUT2D eigenvalue weighted by molar-refractivity contribution is 7.98. The molecule has 0 atom stereocenters. The Morgan fingerprint density at radius 1 is 1.13 bits per heavy atom. The van der Waals surface area contributed by atoms with Crippen molar-refractivity contribution in [1.29, 1.82) is 0 Å². The van der Waals surface area contributed by atoms with E-state index in [1.807, 2.05) is 23.6 Å². The van der Waals surface area contributed by atoms with Gasteiger partial charge in [0.15, 0.2) is 11.0 Å². The van der Waals surface area contributed by atoms with Crippen LogP contribution >= 0.6 is 23.1 Å². The third-order valence-corrected chi connectivity index (χ3v) is 6.25. The fraction of sp³-hybridized carbons (Fsp3) is 0.182. The first-order valence-electron chi connectivity index (χ1n) is 9.35. The molecule has 0 fully saturated rings. The van der Waals surface area contributed by atoms with E-state index in [0.29, 0.717) is 28.2 Å². The number of thioether (sulfide) groups is 1. The lowest BCUT2D eigenvalue weighted by atomic mass is 10.0. The Balaban J connectivity index is 1.49. The Labute approximate surface area is 182 Å². The lowest BCUT2D eigenvalue weighted by Gasteiger charge is -2.07. The molecule has 0 saturated heterocycles. The van der Waals surface area contributed by atoms with Crippen molar-refractivity contribution >= 4 is 34.1 Å². The molecule has 6 nitrogen and oxygen atoms in total. The Morgan fingerprint density at radius 2 is 1.97 bits per heavy atom. The lowest BCUT2D eigenvalue weighted by Crippen LogP contribution is -2.12. The lowest BCUT2D eigenvalue weighted by molar-refractivity contribution is 0.102. The third kappa shape index (κ3) is 4.60. The maximum atomic E-state index is 12.9. The van der Waals surface area contributed by atoms with Gasteiger partial charge < -0.3 is 4.52 Å². The van der Waals surface area contributed by atoms with E-state index in [1.54, 1.807) is 13.0 Å². The fourth-order valence-electron chi connectivity index (χ4n) is 3.04. The van der Waals surface area contributed by atoms with E-state index in [0.717, 1.165) is 21.7 Å². The van der Waals surface area contributed by atoms with Crippen molar-refractivity contribution in [2.75, 3.05) is 5.32 Å². The summed E-state index contributed by atoms with van der Waals surface area (Å²) in [6.07, 6.45) is 0. The normalized spacial score (nSPS) is 10.9. The Bertz CT molecular complexity index is 1200. The number of hydrogen-bond acceptors (Lipinski definition) is 7. The minimum atomic E-state index is -0.193. The van der Waals surface area contributed by atoms with Crippen LogP contribution in [0.5, 0.6) is 0 Å². The molecule has 4 aromatic rings. The van der Waals surface area contributed by atoms with Crippen LogP contribution in [-0.2, 0) is 5.75 Å². The number of thiazole rings is 1. The zero-order valence-corrected chi connectivity index (χ0v) is 18.4. The van der Waals surface area contributed by atoms with Crippen molar-refractivity contribution in [2.24, 2.45) is 0 Å². The number of aromatic nitrogens is 3. The van der Waals surface area contributed by atoms with Crippen LogP contribution in [0.15, 0.2) is 57.3 Å². The van der Waals surface area contributed by atoms with E-state index in [1.165, 1.54) is 28.7 Å². The third-order valence-electron chi connectivity index (χ3n) is 4.43. The van der Waals surface area contributed by atoms with E-state index < -0.39 is 0 Å². The number of benzene rings is 2. The molecule has 0 saturated carbocycles. The van der Waals surface area contributed by atoms with Crippen molar-refractivity contribution in [1.82, 2.24) is 15.1 Å². The van der Waals surface area contributed by atoms with Crippen LogP contribution in [0.2, 0.25) is 0 Å². The molecule has 2 heterocycles. The predicted octanol–water partition coefficient (Wildman–Crippen LogP) is 5.66. The number of nitrogens with zero attached hydrogens (tertiary/aromatic N) is 3. The summed E-state index contributed by atoms with van der Waals surface area (Å²) in [6, 6.07) is 13.7. The molecular weight excluding hydrogens is 416 g/mol. The quantitative estimate of drug-likeness (QED) is 0.393. The summed E-state index contributed by atoms with van der Waals surface area (Å²) in [7, 11) is 0. The monoisotopic (exact) mass is 436 g/mol. The van der Waals surface area contributed by atoms with Crippen LogP contribution in [0.25, 0.3) is 11.3 Å². The van der Waals surface area contributed by atoms with Crippen molar-refractivity contribution in [2.45, 2.75) is 31.4 Å². The van der Waals surface area contributed by atoms with Gasteiger partial charge in [-0.05, 0) is 38.5 Å². The molecule has 152 valence electrons. The number of hydrogen-bond donors (Lipinski definition) is 1. The van der Waals surface area contributed by atoms with E-state index in [4.69, 9.17) is 4.52 Å². The highest BCUT2D eigenvalue weighted by Crippen LogP contribution is 2.30. The molecule has 2 aromatic carbocycles. The van der Waals surface area contributed by atoms with Gasteiger partial charge in [0, 0.05) is 15.8 Å². The van der Waals surface area contributed by atoms with Crippen LogP contribution in [-0.4, -0.2) is 21.0 Å². The summed E-state index contributed by atoms with van der Waals surface area (Å²) >= 11 is 2.90. The highest BCUT2D eigenvalue weighted by atomic mass is 32.2.